The van der Waals surface area contributed by atoms with E-state index in [2.05, 4.69) is 20.6 Å². The van der Waals surface area contributed by atoms with Gasteiger partial charge >= 0.3 is 5.97 Å². The van der Waals surface area contributed by atoms with Crippen molar-refractivity contribution in [1.82, 2.24) is 15.3 Å². The third-order valence-electron chi connectivity index (χ3n) is 3.23. The molecule has 0 saturated heterocycles. The van der Waals surface area contributed by atoms with E-state index in [1.165, 1.54) is 0 Å². The first kappa shape index (κ1) is 19.4. The van der Waals surface area contributed by atoms with Gasteiger partial charge in [-0.15, -0.1) is 0 Å². The number of benzene rings is 1. The lowest BCUT2D eigenvalue weighted by atomic mass is 10.1. The van der Waals surface area contributed by atoms with Crippen molar-refractivity contribution in [2.75, 3.05) is 11.9 Å². The average molecular weight is 356 g/mol. The number of hydrogen-bond acceptors (Lipinski definition) is 6. The van der Waals surface area contributed by atoms with Crippen LogP contribution < -0.4 is 10.6 Å². The van der Waals surface area contributed by atoms with Crippen molar-refractivity contribution >= 4 is 23.4 Å². The summed E-state index contributed by atoms with van der Waals surface area (Å²) < 4.78 is 4.96. The summed E-state index contributed by atoms with van der Waals surface area (Å²) in [5.41, 5.74) is 1.14. The summed E-state index contributed by atoms with van der Waals surface area (Å²) in [6.07, 6.45) is 0. The Hall–Kier alpha value is -2.96. The van der Waals surface area contributed by atoms with Crippen LogP contribution in [0.15, 0.2) is 30.3 Å². The number of nitrogens with one attached hydrogen (secondary N) is 2. The number of carbonyl (C=O) groups excluding carboxylic acids is 2. The Bertz CT molecular complexity index is 795. The second-order valence-corrected chi connectivity index (χ2v) is 6.81. The molecule has 0 unspecified atom stereocenters. The molecule has 2 rings (SSSR count). The predicted octanol–water partition coefficient (Wildman–Crippen LogP) is 3.23. The van der Waals surface area contributed by atoms with Crippen molar-refractivity contribution in [3.8, 4) is 0 Å². The highest BCUT2D eigenvalue weighted by Crippen LogP contribution is 2.17. The van der Waals surface area contributed by atoms with E-state index in [0.29, 0.717) is 23.8 Å². The molecule has 138 valence electrons. The number of nitrogens with zero attached hydrogens (tertiary/aromatic N) is 2. The van der Waals surface area contributed by atoms with Crippen LogP contribution in [0.4, 0.5) is 11.5 Å². The van der Waals surface area contributed by atoms with Crippen LogP contribution in [0.1, 0.15) is 54.4 Å². The lowest BCUT2D eigenvalue weighted by Crippen LogP contribution is -2.41. The Kier molecular flexibility index (Phi) is 5.92. The summed E-state index contributed by atoms with van der Waals surface area (Å²) in [5.74, 6) is 0.361. The molecule has 0 spiro atoms. The van der Waals surface area contributed by atoms with Gasteiger partial charge in [0, 0.05) is 17.3 Å². The Morgan fingerprint density at radius 1 is 1.12 bits per heavy atom. The van der Waals surface area contributed by atoms with Crippen molar-refractivity contribution in [1.29, 1.82) is 0 Å². The minimum atomic E-state index is -0.363. The van der Waals surface area contributed by atoms with E-state index >= 15 is 0 Å². The highest BCUT2D eigenvalue weighted by atomic mass is 16.5. The van der Waals surface area contributed by atoms with Gasteiger partial charge in [0.2, 0.25) is 0 Å². The number of rotatable bonds is 5. The van der Waals surface area contributed by atoms with Crippen molar-refractivity contribution in [2.45, 2.75) is 40.2 Å². The van der Waals surface area contributed by atoms with E-state index in [0.717, 1.165) is 5.69 Å². The van der Waals surface area contributed by atoms with Crippen LogP contribution in [0.2, 0.25) is 0 Å². The van der Waals surface area contributed by atoms with Crippen LogP contribution in [0.25, 0.3) is 0 Å². The van der Waals surface area contributed by atoms with Gasteiger partial charge in [0.15, 0.2) is 0 Å². The van der Waals surface area contributed by atoms with E-state index in [9.17, 15) is 9.59 Å². The molecule has 0 saturated carbocycles. The molecule has 1 amide bonds. The number of ether oxygens (including phenoxy) is 1. The first-order chi connectivity index (χ1) is 12.2. The number of hydrogen-bond donors (Lipinski definition) is 2. The predicted molar refractivity (Wildman–Crippen MR) is 99.7 cm³/mol. The van der Waals surface area contributed by atoms with E-state index in [1.807, 2.05) is 20.8 Å². The summed E-state index contributed by atoms with van der Waals surface area (Å²) >= 11 is 0. The number of carbonyl (C=O) groups is 2. The van der Waals surface area contributed by atoms with E-state index in [4.69, 9.17) is 4.74 Å². The molecule has 0 aliphatic rings. The molecule has 1 heterocycles. The maximum Gasteiger partial charge on any atom is 0.338 e. The molecule has 0 atom stereocenters. The lowest BCUT2D eigenvalue weighted by molar-refractivity contribution is 0.0526. The summed E-state index contributed by atoms with van der Waals surface area (Å²) in [4.78, 5) is 32.5. The zero-order valence-electron chi connectivity index (χ0n) is 15.7. The van der Waals surface area contributed by atoms with Gasteiger partial charge in [0.05, 0.1) is 12.2 Å². The normalized spacial score (nSPS) is 11.0. The molecule has 0 aliphatic carbocycles. The molecule has 2 aromatic rings. The molecule has 7 heteroatoms. The monoisotopic (exact) mass is 356 g/mol. The molecule has 0 aliphatic heterocycles. The number of amides is 1. The Labute approximate surface area is 153 Å². The van der Waals surface area contributed by atoms with Gasteiger partial charge in [0.25, 0.3) is 5.91 Å². The van der Waals surface area contributed by atoms with Crippen LogP contribution in [0.5, 0.6) is 0 Å². The smallest absolute Gasteiger partial charge is 0.338 e. The molecule has 0 bridgehead atoms. The first-order valence-electron chi connectivity index (χ1n) is 8.40. The summed E-state index contributed by atoms with van der Waals surface area (Å²) in [6.45, 7) is 9.54. The molecular formula is C19H24N4O3. The molecule has 0 radical (unpaired) electrons. The van der Waals surface area contributed by atoms with Gasteiger partial charge in [-0.1, -0.05) is 0 Å². The third-order valence-corrected chi connectivity index (χ3v) is 3.23. The van der Waals surface area contributed by atoms with E-state index in [-0.39, 0.29) is 23.1 Å². The number of aryl methyl sites for hydroxylation is 1. The second kappa shape index (κ2) is 7.95. The molecule has 1 aromatic heterocycles. The largest absolute Gasteiger partial charge is 0.462 e. The van der Waals surface area contributed by atoms with Gasteiger partial charge in [-0.25, -0.2) is 14.8 Å². The SMILES string of the molecule is CCOC(=O)c1ccc(Nc2cc(C(=O)NC(C)(C)C)nc(C)n2)cc1. The highest BCUT2D eigenvalue weighted by Gasteiger charge is 2.17. The van der Waals surface area contributed by atoms with Crippen LogP contribution >= 0.6 is 0 Å². The number of aromatic nitrogens is 2. The summed E-state index contributed by atoms with van der Waals surface area (Å²) in [7, 11) is 0. The van der Waals surface area contributed by atoms with Gasteiger partial charge in [-0.2, -0.15) is 0 Å². The summed E-state index contributed by atoms with van der Waals surface area (Å²) in [6, 6.07) is 8.42. The van der Waals surface area contributed by atoms with Crippen LogP contribution in [0, 0.1) is 6.92 Å². The minimum Gasteiger partial charge on any atom is -0.462 e. The Balaban J connectivity index is 2.17. The van der Waals surface area contributed by atoms with Gasteiger partial charge in [-0.05, 0) is 58.9 Å². The van der Waals surface area contributed by atoms with Crippen molar-refractivity contribution in [3.63, 3.8) is 0 Å². The molecule has 0 fully saturated rings. The Morgan fingerprint density at radius 3 is 2.35 bits per heavy atom. The second-order valence-electron chi connectivity index (χ2n) is 6.81. The molecular weight excluding hydrogens is 332 g/mol. The van der Waals surface area contributed by atoms with Gasteiger partial charge < -0.3 is 15.4 Å². The van der Waals surface area contributed by atoms with Crippen molar-refractivity contribution in [2.24, 2.45) is 0 Å². The molecule has 2 N–H and O–H groups in total. The maximum absolute atomic E-state index is 12.3. The minimum absolute atomic E-state index is 0.260. The standard InChI is InChI=1S/C19H24N4O3/c1-6-26-18(25)13-7-9-14(10-8-13)22-16-11-15(20-12(2)21-16)17(24)23-19(3,4)5/h7-11H,6H2,1-5H3,(H,23,24)(H,20,21,22). The quantitative estimate of drug-likeness (QED) is 0.799. The van der Waals surface area contributed by atoms with Gasteiger partial charge in [0.1, 0.15) is 17.3 Å². The van der Waals surface area contributed by atoms with Gasteiger partial charge in [-0.3, -0.25) is 4.79 Å². The number of esters is 1. The third kappa shape index (κ3) is 5.54. The van der Waals surface area contributed by atoms with Crippen molar-refractivity contribution in [3.05, 3.63) is 47.4 Å². The summed E-state index contributed by atoms with van der Waals surface area (Å²) in [5, 5.41) is 5.99. The van der Waals surface area contributed by atoms with Crippen LogP contribution in [-0.4, -0.2) is 34.0 Å². The highest BCUT2D eigenvalue weighted by molar-refractivity contribution is 5.93. The molecule has 1 aromatic carbocycles. The number of anilines is 2. The zero-order chi connectivity index (χ0) is 19.3. The Morgan fingerprint density at radius 2 is 1.77 bits per heavy atom. The first-order valence-corrected chi connectivity index (χ1v) is 8.40. The maximum atomic E-state index is 12.3. The van der Waals surface area contributed by atoms with Crippen molar-refractivity contribution < 1.29 is 14.3 Å². The van der Waals surface area contributed by atoms with E-state index < -0.39 is 0 Å². The fourth-order valence-electron chi connectivity index (χ4n) is 2.20. The molecule has 26 heavy (non-hydrogen) atoms. The fraction of sp³-hybridized carbons (Fsp3) is 0.368. The van der Waals surface area contributed by atoms with E-state index in [1.54, 1.807) is 44.2 Å². The molecule has 7 nitrogen and oxygen atoms in total. The topological polar surface area (TPSA) is 93.2 Å². The fourth-order valence-corrected chi connectivity index (χ4v) is 2.20. The lowest BCUT2D eigenvalue weighted by Gasteiger charge is -2.20. The van der Waals surface area contributed by atoms with Crippen LogP contribution in [-0.2, 0) is 4.74 Å². The zero-order valence-corrected chi connectivity index (χ0v) is 15.7. The average Bonchev–Trinajstić information content (AvgIpc) is 2.53. The van der Waals surface area contributed by atoms with Crippen LogP contribution in [0.3, 0.4) is 0 Å².